The van der Waals surface area contributed by atoms with E-state index in [1.165, 1.54) is 31.9 Å². The highest BCUT2D eigenvalue weighted by molar-refractivity contribution is 5.94. The van der Waals surface area contributed by atoms with Crippen molar-refractivity contribution in [3.63, 3.8) is 0 Å². The maximum atomic E-state index is 11.6. The molecular formula is C15H25N3O2. The Balaban J connectivity index is 1.97. The molecule has 1 fully saturated rings. The van der Waals surface area contributed by atoms with E-state index in [4.69, 9.17) is 10.3 Å². The number of amides is 1. The first-order valence-electron chi connectivity index (χ1n) is 7.20. The van der Waals surface area contributed by atoms with E-state index >= 15 is 0 Å². The van der Waals surface area contributed by atoms with E-state index < -0.39 is 0 Å². The van der Waals surface area contributed by atoms with E-state index in [1.807, 2.05) is 0 Å². The van der Waals surface area contributed by atoms with E-state index in [-0.39, 0.29) is 5.91 Å². The number of rotatable bonds is 4. The number of nitrogens with zero attached hydrogens (tertiary/aromatic N) is 1. The molecule has 0 atom stereocenters. The molecule has 0 radical (unpaired) electrons. The molecule has 5 heteroatoms. The van der Waals surface area contributed by atoms with E-state index in [0.717, 1.165) is 0 Å². The second-order valence-electron chi connectivity index (χ2n) is 6.54. The SMILES string of the molecule is CN(Cc1occc1C(=O)NN)C1CCC(C)(C)CC1. The van der Waals surface area contributed by atoms with Gasteiger partial charge in [0.2, 0.25) is 0 Å². The molecule has 1 saturated carbocycles. The van der Waals surface area contributed by atoms with Crippen LogP contribution in [0.2, 0.25) is 0 Å². The number of nitrogen functional groups attached to an aromatic ring is 1. The van der Waals surface area contributed by atoms with Crippen LogP contribution < -0.4 is 11.3 Å². The van der Waals surface area contributed by atoms with Crippen molar-refractivity contribution in [3.8, 4) is 0 Å². The molecule has 0 unspecified atom stereocenters. The van der Waals surface area contributed by atoms with Gasteiger partial charge in [-0.2, -0.15) is 0 Å². The van der Waals surface area contributed by atoms with Crippen molar-refractivity contribution < 1.29 is 9.21 Å². The molecule has 5 nitrogen and oxygen atoms in total. The summed E-state index contributed by atoms with van der Waals surface area (Å²) >= 11 is 0. The minimum absolute atomic E-state index is 0.299. The highest BCUT2D eigenvalue weighted by Gasteiger charge is 2.29. The van der Waals surface area contributed by atoms with Gasteiger partial charge >= 0.3 is 0 Å². The number of nitrogens with one attached hydrogen (secondary N) is 1. The van der Waals surface area contributed by atoms with Gasteiger partial charge in [0, 0.05) is 6.04 Å². The highest BCUT2D eigenvalue weighted by Crippen LogP contribution is 2.36. The van der Waals surface area contributed by atoms with Gasteiger partial charge in [0.05, 0.1) is 18.4 Å². The van der Waals surface area contributed by atoms with Crippen LogP contribution in [0, 0.1) is 5.41 Å². The first-order valence-corrected chi connectivity index (χ1v) is 7.20. The predicted octanol–water partition coefficient (Wildman–Crippen LogP) is 2.28. The Kier molecular flexibility index (Phi) is 4.50. The number of nitrogens with two attached hydrogens (primary N) is 1. The fourth-order valence-corrected chi connectivity index (χ4v) is 2.92. The van der Waals surface area contributed by atoms with E-state index in [9.17, 15) is 4.79 Å². The minimum Gasteiger partial charge on any atom is -0.467 e. The summed E-state index contributed by atoms with van der Waals surface area (Å²) in [6.07, 6.45) is 6.43. The van der Waals surface area contributed by atoms with Crippen molar-refractivity contribution in [1.29, 1.82) is 0 Å². The standard InChI is InChI=1S/C15H25N3O2/c1-15(2)7-4-11(5-8-15)18(3)10-13-12(6-9-20-13)14(19)17-16/h6,9,11H,4-5,7-8,10,16H2,1-3H3,(H,17,19). The highest BCUT2D eigenvalue weighted by atomic mass is 16.3. The zero-order valence-electron chi connectivity index (χ0n) is 12.6. The summed E-state index contributed by atoms with van der Waals surface area (Å²) in [5, 5.41) is 0. The molecule has 1 aromatic rings. The van der Waals surface area contributed by atoms with Gasteiger partial charge in [0.1, 0.15) is 5.76 Å². The minimum atomic E-state index is -0.299. The van der Waals surface area contributed by atoms with Crippen LogP contribution in [-0.2, 0) is 6.54 Å². The number of hydrogen-bond donors (Lipinski definition) is 2. The van der Waals surface area contributed by atoms with Gasteiger partial charge in [-0.05, 0) is 44.2 Å². The van der Waals surface area contributed by atoms with Crippen LogP contribution in [0.25, 0.3) is 0 Å². The number of carbonyl (C=O) groups excluding carboxylic acids is 1. The van der Waals surface area contributed by atoms with Gasteiger partial charge in [-0.25, -0.2) is 5.84 Å². The second kappa shape index (κ2) is 5.97. The van der Waals surface area contributed by atoms with Crippen LogP contribution in [0.15, 0.2) is 16.7 Å². The molecule has 0 aromatic carbocycles. The van der Waals surface area contributed by atoms with Crippen molar-refractivity contribution in [2.24, 2.45) is 11.3 Å². The fourth-order valence-electron chi connectivity index (χ4n) is 2.92. The molecule has 0 bridgehead atoms. The van der Waals surface area contributed by atoms with Crippen LogP contribution in [0.4, 0.5) is 0 Å². The van der Waals surface area contributed by atoms with Gasteiger partial charge < -0.3 is 4.42 Å². The molecule has 3 N–H and O–H groups in total. The Morgan fingerprint density at radius 2 is 2.15 bits per heavy atom. The maximum absolute atomic E-state index is 11.6. The predicted molar refractivity (Wildman–Crippen MR) is 77.9 cm³/mol. The molecule has 2 rings (SSSR count). The van der Waals surface area contributed by atoms with Gasteiger partial charge in [0.25, 0.3) is 5.91 Å². The smallest absolute Gasteiger partial charge is 0.268 e. The molecule has 1 aliphatic carbocycles. The summed E-state index contributed by atoms with van der Waals surface area (Å²) in [7, 11) is 2.09. The summed E-state index contributed by atoms with van der Waals surface area (Å²) in [6.45, 7) is 5.31. The summed E-state index contributed by atoms with van der Waals surface area (Å²) in [5.41, 5.74) is 3.14. The monoisotopic (exact) mass is 279 g/mol. The summed E-state index contributed by atoms with van der Waals surface area (Å²) < 4.78 is 5.43. The van der Waals surface area contributed by atoms with Crippen molar-refractivity contribution in [1.82, 2.24) is 10.3 Å². The largest absolute Gasteiger partial charge is 0.467 e. The topological polar surface area (TPSA) is 71.5 Å². The van der Waals surface area contributed by atoms with Crippen molar-refractivity contribution in [2.75, 3.05) is 7.05 Å². The normalized spacial score (nSPS) is 19.2. The quantitative estimate of drug-likeness (QED) is 0.504. The summed E-state index contributed by atoms with van der Waals surface area (Å²) in [4.78, 5) is 13.9. The second-order valence-corrected chi connectivity index (χ2v) is 6.54. The average molecular weight is 279 g/mol. The molecular weight excluding hydrogens is 254 g/mol. The zero-order valence-corrected chi connectivity index (χ0v) is 12.6. The van der Waals surface area contributed by atoms with Crippen LogP contribution in [-0.4, -0.2) is 23.9 Å². The Morgan fingerprint density at radius 3 is 2.75 bits per heavy atom. The molecule has 20 heavy (non-hydrogen) atoms. The van der Waals surface area contributed by atoms with Gasteiger partial charge in [-0.3, -0.25) is 15.1 Å². The Morgan fingerprint density at radius 1 is 1.50 bits per heavy atom. The molecule has 1 aliphatic rings. The molecule has 112 valence electrons. The first kappa shape index (κ1) is 15.1. The van der Waals surface area contributed by atoms with Crippen molar-refractivity contribution >= 4 is 5.91 Å². The fraction of sp³-hybridized carbons (Fsp3) is 0.667. The van der Waals surface area contributed by atoms with E-state index in [0.29, 0.717) is 29.3 Å². The van der Waals surface area contributed by atoms with Gasteiger partial charge in [-0.15, -0.1) is 0 Å². The lowest BCUT2D eigenvalue weighted by Crippen LogP contribution is -2.37. The summed E-state index contributed by atoms with van der Waals surface area (Å²) in [6, 6.07) is 2.22. The average Bonchev–Trinajstić information content (AvgIpc) is 2.85. The number of carbonyl (C=O) groups is 1. The third-order valence-electron chi connectivity index (χ3n) is 4.45. The lowest BCUT2D eigenvalue weighted by molar-refractivity contribution is 0.0944. The third-order valence-corrected chi connectivity index (χ3v) is 4.45. The van der Waals surface area contributed by atoms with Gasteiger partial charge in [0.15, 0.2) is 0 Å². The number of hydrogen-bond acceptors (Lipinski definition) is 4. The Bertz CT molecular complexity index is 457. The van der Waals surface area contributed by atoms with E-state index in [1.54, 1.807) is 6.07 Å². The van der Waals surface area contributed by atoms with Crippen molar-refractivity contribution in [3.05, 3.63) is 23.7 Å². The Hall–Kier alpha value is -1.33. The van der Waals surface area contributed by atoms with Crippen LogP contribution in [0.3, 0.4) is 0 Å². The lowest BCUT2D eigenvalue weighted by atomic mass is 9.75. The van der Waals surface area contributed by atoms with Crippen molar-refractivity contribution in [2.45, 2.75) is 52.1 Å². The molecule has 0 spiro atoms. The maximum Gasteiger partial charge on any atom is 0.268 e. The van der Waals surface area contributed by atoms with E-state index in [2.05, 4.69) is 31.2 Å². The Labute approximate surface area is 120 Å². The molecule has 1 amide bonds. The molecule has 0 saturated heterocycles. The number of hydrazine groups is 1. The molecule has 1 aromatic heterocycles. The number of furan rings is 1. The van der Waals surface area contributed by atoms with Gasteiger partial charge in [-0.1, -0.05) is 13.8 Å². The zero-order chi connectivity index (χ0) is 14.8. The third kappa shape index (κ3) is 3.41. The molecule has 1 heterocycles. The van der Waals surface area contributed by atoms with Crippen LogP contribution in [0.1, 0.15) is 55.6 Å². The summed E-state index contributed by atoms with van der Waals surface area (Å²) in [5.74, 6) is 5.56. The lowest BCUT2D eigenvalue weighted by Gasteiger charge is -2.38. The molecule has 0 aliphatic heterocycles. The van der Waals surface area contributed by atoms with Crippen LogP contribution >= 0.6 is 0 Å². The first-order chi connectivity index (χ1) is 9.43. The van der Waals surface area contributed by atoms with Crippen LogP contribution in [0.5, 0.6) is 0 Å².